The van der Waals surface area contributed by atoms with Gasteiger partial charge in [-0.05, 0) is 40.5 Å². The minimum atomic E-state index is -1.10. The number of fused-ring (bicyclic) bond motifs is 4. The standard InChI is InChI=1S/C26H22N2O6/c1-28-22-11-10-15(25(30)31)12-23(22)33-14-21(24(28)29)27-26(32)34-13-20-18-8-4-2-6-16(18)17-7-3-5-9-19(17)20/h2-12,20-21H,13-14H2,1H3,(H,27,32)(H,30,31)/t21-/m0/s1. The summed E-state index contributed by atoms with van der Waals surface area (Å²) in [5.74, 6) is -1.33. The first-order chi connectivity index (χ1) is 16.4. The molecule has 8 nitrogen and oxygen atoms in total. The van der Waals surface area contributed by atoms with Gasteiger partial charge in [0.05, 0.1) is 11.3 Å². The van der Waals surface area contributed by atoms with E-state index in [-0.39, 0.29) is 30.4 Å². The number of benzene rings is 3. The van der Waals surface area contributed by atoms with Crippen molar-refractivity contribution in [3.8, 4) is 16.9 Å². The lowest BCUT2D eigenvalue weighted by atomic mass is 9.98. The van der Waals surface area contributed by atoms with Crippen molar-refractivity contribution in [1.29, 1.82) is 0 Å². The summed E-state index contributed by atoms with van der Waals surface area (Å²) in [4.78, 5) is 38.1. The van der Waals surface area contributed by atoms with Crippen LogP contribution in [-0.4, -0.2) is 49.4 Å². The molecule has 3 aromatic rings. The summed E-state index contributed by atoms with van der Waals surface area (Å²) in [5, 5.41) is 11.8. The van der Waals surface area contributed by atoms with Gasteiger partial charge in [0.15, 0.2) is 0 Å². The maximum atomic E-state index is 12.9. The van der Waals surface area contributed by atoms with Crippen molar-refractivity contribution >= 4 is 23.7 Å². The van der Waals surface area contributed by atoms with Crippen LogP contribution >= 0.6 is 0 Å². The van der Waals surface area contributed by atoms with E-state index in [4.69, 9.17) is 9.47 Å². The van der Waals surface area contributed by atoms with Gasteiger partial charge in [-0.1, -0.05) is 48.5 Å². The van der Waals surface area contributed by atoms with Gasteiger partial charge in [-0.2, -0.15) is 0 Å². The number of carboxylic acid groups (broad SMARTS) is 1. The summed E-state index contributed by atoms with van der Waals surface area (Å²) in [6, 6.07) is 19.3. The third-order valence-corrected chi connectivity index (χ3v) is 6.24. The summed E-state index contributed by atoms with van der Waals surface area (Å²) >= 11 is 0. The second kappa shape index (κ2) is 8.55. The molecule has 0 radical (unpaired) electrons. The normalized spacial score (nSPS) is 16.6. The number of nitrogens with one attached hydrogen (secondary N) is 1. The fraction of sp³-hybridized carbons (Fsp3) is 0.192. The molecule has 0 aromatic heterocycles. The lowest BCUT2D eigenvalue weighted by Gasteiger charge is -2.21. The summed E-state index contributed by atoms with van der Waals surface area (Å²) in [6.45, 7) is -0.0247. The van der Waals surface area contributed by atoms with Crippen molar-refractivity contribution in [2.75, 3.05) is 25.2 Å². The number of nitrogens with zero attached hydrogens (tertiary/aromatic N) is 1. The van der Waals surface area contributed by atoms with Gasteiger partial charge in [-0.25, -0.2) is 9.59 Å². The smallest absolute Gasteiger partial charge is 0.407 e. The van der Waals surface area contributed by atoms with Gasteiger partial charge in [0.2, 0.25) is 0 Å². The number of anilines is 1. The van der Waals surface area contributed by atoms with Crippen molar-refractivity contribution in [1.82, 2.24) is 5.32 Å². The van der Waals surface area contributed by atoms with Crippen LogP contribution in [0.2, 0.25) is 0 Å². The van der Waals surface area contributed by atoms with Crippen LogP contribution in [0.25, 0.3) is 11.1 Å². The van der Waals surface area contributed by atoms with Gasteiger partial charge in [0.1, 0.15) is 25.0 Å². The molecule has 0 unspecified atom stereocenters. The maximum Gasteiger partial charge on any atom is 0.407 e. The molecule has 172 valence electrons. The maximum absolute atomic E-state index is 12.9. The zero-order valence-corrected chi connectivity index (χ0v) is 18.4. The van der Waals surface area contributed by atoms with Crippen LogP contribution in [0.15, 0.2) is 66.7 Å². The molecule has 1 aliphatic heterocycles. The molecule has 1 atom stereocenters. The number of aromatic carboxylic acids is 1. The number of likely N-dealkylation sites (N-methyl/N-ethyl adjacent to an activating group) is 1. The highest BCUT2D eigenvalue weighted by molar-refractivity contribution is 6.01. The Bertz CT molecular complexity index is 1260. The zero-order chi connectivity index (χ0) is 23.8. The Morgan fingerprint density at radius 1 is 1.06 bits per heavy atom. The quantitative estimate of drug-likeness (QED) is 0.618. The largest absolute Gasteiger partial charge is 0.489 e. The Morgan fingerprint density at radius 2 is 1.71 bits per heavy atom. The number of amides is 2. The number of carbonyl (C=O) groups is 3. The monoisotopic (exact) mass is 458 g/mol. The van der Waals surface area contributed by atoms with E-state index in [1.165, 1.54) is 23.1 Å². The number of alkyl carbamates (subject to hydrolysis) is 1. The summed E-state index contributed by atoms with van der Waals surface area (Å²) in [7, 11) is 1.54. The van der Waals surface area contributed by atoms with Gasteiger partial charge in [-0.3, -0.25) is 4.79 Å². The van der Waals surface area contributed by atoms with E-state index in [2.05, 4.69) is 17.4 Å². The second-order valence-corrected chi connectivity index (χ2v) is 8.22. The molecule has 0 bridgehead atoms. The fourth-order valence-electron chi connectivity index (χ4n) is 4.52. The van der Waals surface area contributed by atoms with Gasteiger partial charge < -0.3 is 24.8 Å². The van der Waals surface area contributed by atoms with Crippen molar-refractivity contribution in [3.63, 3.8) is 0 Å². The summed E-state index contributed by atoms with van der Waals surface area (Å²) in [5.41, 5.74) is 4.90. The highest BCUT2D eigenvalue weighted by Gasteiger charge is 2.33. The van der Waals surface area contributed by atoms with Crippen LogP contribution in [0.4, 0.5) is 10.5 Å². The molecule has 3 aromatic carbocycles. The van der Waals surface area contributed by atoms with Crippen molar-refractivity contribution < 1.29 is 29.0 Å². The molecule has 8 heteroatoms. The molecule has 34 heavy (non-hydrogen) atoms. The SMILES string of the molecule is CN1C(=O)[C@@H](NC(=O)OCC2c3ccccc3-c3ccccc32)COc2cc(C(=O)O)ccc21. The number of rotatable bonds is 4. The number of carbonyl (C=O) groups excluding carboxylic acids is 2. The lowest BCUT2D eigenvalue weighted by molar-refractivity contribution is -0.120. The Balaban J connectivity index is 1.27. The van der Waals surface area contributed by atoms with Gasteiger partial charge in [0, 0.05) is 13.0 Å². The van der Waals surface area contributed by atoms with Crippen LogP contribution in [0, 0.1) is 0 Å². The molecular formula is C26H22N2O6. The number of hydrogen-bond acceptors (Lipinski definition) is 5. The highest BCUT2D eigenvalue weighted by Crippen LogP contribution is 2.44. The van der Waals surface area contributed by atoms with Crippen LogP contribution in [-0.2, 0) is 9.53 Å². The molecular weight excluding hydrogens is 436 g/mol. The average Bonchev–Trinajstić information content (AvgIpc) is 3.12. The van der Waals surface area contributed by atoms with Crippen molar-refractivity contribution in [3.05, 3.63) is 83.4 Å². The first-order valence-electron chi connectivity index (χ1n) is 10.8. The highest BCUT2D eigenvalue weighted by atomic mass is 16.5. The van der Waals surface area contributed by atoms with E-state index in [1.807, 2.05) is 36.4 Å². The molecule has 1 aliphatic carbocycles. The molecule has 2 amide bonds. The molecule has 2 N–H and O–H groups in total. The van der Waals surface area contributed by atoms with Gasteiger partial charge >= 0.3 is 12.1 Å². The third kappa shape index (κ3) is 3.73. The average molecular weight is 458 g/mol. The topological polar surface area (TPSA) is 105 Å². The van der Waals surface area contributed by atoms with E-state index in [0.717, 1.165) is 22.3 Å². The Labute approximate surface area is 195 Å². The van der Waals surface area contributed by atoms with Crippen LogP contribution < -0.4 is 15.0 Å². The minimum Gasteiger partial charge on any atom is -0.489 e. The minimum absolute atomic E-state index is 0.0440. The van der Waals surface area contributed by atoms with Crippen molar-refractivity contribution in [2.24, 2.45) is 0 Å². The number of hydrogen-bond donors (Lipinski definition) is 2. The summed E-state index contributed by atoms with van der Waals surface area (Å²) in [6.07, 6.45) is -0.727. The molecule has 1 heterocycles. The number of ether oxygens (including phenoxy) is 2. The molecule has 0 spiro atoms. The molecule has 0 saturated heterocycles. The van der Waals surface area contributed by atoms with Gasteiger partial charge in [0.25, 0.3) is 5.91 Å². The predicted molar refractivity (Wildman–Crippen MR) is 124 cm³/mol. The lowest BCUT2D eigenvalue weighted by Crippen LogP contribution is -2.49. The Kier molecular flexibility index (Phi) is 5.41. The molecule has 0 fully saturated rings. The summed E-state index contributed by atoms with van der Waals surface area (Å²) < 4.78 is 11.2. The zero-order valence-electron chi connectivity index (χ0n) is 18.4. The Hall–Kier alpha value is -4.33. The van der Waals surface area contributed by atoms with E-state index in [1.54, 1.807) is 7.05 Å². The van der Waals surface area contributed by atoms with E-state index in [0.29, 0.717) is 5.69 Å². The van der Waals surface area contributed by atoms with E-state index < -0.39 is 24.0 Å². The van der Waals surface area contributed by atoms with Gasteiger partial charge in [-0.15, -0.1) is 0 Å². The second-order valence-electron chi connectivity index (χ2n) is 8.22. The first kappa shape index (κ1) is 21.5. The fourth-order valence-corrected chi connectivity index (χ4v) is 4.52. The molecule has 2 aliphatic rings. The van der Waals surface area contributed by atoms with Crippen LogP contribution in [0.3, 0.4) is 0 Å². The third-order valence-electron chi connectivity index (χ3n) is 6.24. The predicted octanol–water partition coefficient (Wildman–Crippen LogP) is 3.65. The first-order valence-corrected chi connectivity index (χ1v) is 10.8. The molecule has 0 saturated carbocycles. The van der Waals surface area contributed by atoms with E-state index >= 15 is 0 Å². The van der Waals surface area contributed by atoms with Crippen molar-refractivity contribution in [2.45, 2.75) is 12.0 Å². The number of carboxylic acids is 1. The van der Waals surface area contributed by atoms with E-state index in [9.17, 15) is 19.5 Å². The van der Waals surface area contributed by atoms with Crippen LogP contribution in [0.1, 0.15) is 27.4 Å². The van der Waals surface area contributed by atoms with Crippen LogP contribution in [0.5, 0.6) is 5.75 Å². The Morgan fingerprint density at radius 3 is 2.35 bits per heavy atom. The molecule has 5 rings (SSSR count).